The van der Waals surface area contributed by atoms with Gasteiger partial charge in [-0.2, -0.15) is 0 Å². The van der Waals surface area contributed by atoms with E-state index in [0.29, 0.717) is 21.5 Å². The Balaban J connectivity index is 1.58. The van der Waals surface area contributed by atoms with E-state index in [1.165, 1.54) is 24.0 Å². The maximum absolute atomic E-state index is 12.4. The number of nitrogens with zero attached hydrogens (tertiary/aromatic N) is 2. The summed E-state index contributed by atoms with van der Waals surface area (Å²) in [6.07, 6.45) is 2.79. The van der Waals surface area contributed by atoms with E-state index in [4.69, 9.17) is 16.3 Å². The highest BCUT2D eigenvalue weighted by Crippen LogP contribution is 2.25. The molecule has 26 heavy (non-hydrogen) atoms. The Bertz CT molecular complexity index is 884. The first-order chi connectivity index (χ1) is 12.7. The van der Waals surface area contributed by atoms with Gasteiger partial charge in [0.1, 0.15) is 10.8 Å². The second-order valence-corrected chi connectivity index (χ2v) is 7.14. The third-order valence-electron chi connectivity index (χ3n) is 3.79. The molecule has 7 heteroatoms. The molecule has 1 amide bonds. The highest BCUT2D eigenvalue weighted by molar-refractivity contribution is 7.15. The van der Waals surface area contributed by atoms with Gasteiger partial charge < -0.3 is 4.74 Å². The molecule has 0 saturated heterocycles. The number of aromatic nitrogens is 2. The van der Waals surface area contributed by atoms with Gasteiger partial charge in [-0.3, -0.25) is 10.1 Å². The van der Waals surface area contributed by atoms with E-state index in [1.807, 2.05) is 18.2 Å². The quantitative estimate of drug-likeness (QED) is 0.642. The molecule has 0 saturated carbocycles. The van der Waals surface area contributed by atoms with Crippen molar-refractivity contribution in [3.63, 3.8) is 0 Å². The summed E-state index contributed by atoms with van der Waals surface area (Å²) < 4.78 is 5.21. The molecule has 0 fully saturated rings. The summed E-state index contributed by atoms with van der Waals surface area (Å²) in [7, 11) is 1.51. The van der Waals surface area contributed by atoms with E-state index < -0.39 is 0 Å². The highest BCUT2D eigenvalue weighted by atomic mass is 35.5. The largest absolute Gasteiger partial charge is 0.496 e. The maximum atomic E-state index is 12.4. The first-order valence-electron chi connectivity index (χ1n) is 8.17. The van der Waals surface area contributed by atoms with Gasteiger partial charge in [-0.15, -0.1) is 10.2 Å². The molecule has 1 N–H and O–H groups in total. The van der Waals surface area contributed by atoms with Crippen LogP contribution in [0.15, 0.2) is 48.5 Å². The number of nitrogens with one attached hydrogen (secondary N) is 1. The van der Waals surface area contributed by atoms with Gasteiger partial charge in [-0.25, -0.2) is 0 Å². The van der Waals surface area contributed by atoms with Crippen LogP contribution in [0.25, 0.3) is 0 Å². The highest BCUT2D eigenvalue weighted by Gasteiger charge is 2.15. The molecule has 3 rings (SSSR count). The number of hydrogen-bond acceptors (Lipinski definition) is 5. The SMILES string of the molecule is COc1ccc(Cl)cc1C(=O)Nc1nnc(CCCc2ccccc2)s1. The van der Waals surface area contributed by atoms with Crippen molar-refractivity contribution in [2.24, 2.45) is 0 Å². The number of carbonyl (C=O) groups is 1. The van der Waals surface area contributed by atoms with Gasteiger partial charge in [0.25, 0.3) is 5.91 Å². The minimum absolute atomic E-state index is 0.323. The van der Waals surface area contributed by atoms with Gasteiger partial charge in [-0.1, -0.05) is 53.3 Å². The molecule has 134 valence electrons. The molecule has 0 aliphatic rings. The number of aryl methyl sites for hydroxylation is 2. The summed E-state index contributed by atoms with van der Waals surface area (Å²) in [5.41, 5.74) is 1.67. The van der Waals surface area contributed by atoms with Crippen molar-refractivity contribution in [1.29, 1.82) is 0 Å². The van der Waals surface area contributed by atoms with Crippen LogP contribution in [0.4, 0.5) is 5.13 Å². The number of halogens is 1. The van der Waals surface area contributed by atoms with Crippen LogP contribution in [0.3, 0.4) is 0 Å². The van der Waals surface area contributed by atoms with Gasteiger partial charge in [0, 0.05) is 11.4 Å². The van der Waals surface area contributed by atoms with Gasteiger partial charge >= 0.3 is 0 Å². The maximum Gasteiger partial charge on any atom is 0.261 e. The van der Waals surface area contributed by atoms with Crippen LogP contribution in [-0.4, -0.2) is 23.2 Å². The molecule has 0 aliphatic heterocycles. The monoisotopic (exact) mass is 387 g/mol. The molecule has 0 atom stereocenters. The molecule has 0 unspecified atom stereocenters. The van der Waals surface area contributed by atoms with Crippen LogP contribution >= 0.6 is 22.9 Å². The van der Waals surface area contributed by atoms with Crippen LogP contribution in [0.1, 0.15) is 27.3 Å². The van der Waals surface area contributed by atoms with E-state index in [0.717, 1.165) is 24.3 Å². The van der Waals surface area contributed by atoms with Gasteiger partial charge in [0.15, 0.2) is 0 Å². The average molecular weight is 388 g/mol. The smallest absolute Gasteiger partial charge is 0.261 e. The zero-order valence-electron chi connectivity index (χ0n) is 14.2. The Morgan fingerprint density at radius 1 is 1.15 bits per heavy atom. The predicted molar refractivity (Wildman–Crippen MR) is 104 cm³/mol. The van der Waals surface area contributed by atoms with Crippen LogP contribution in [0.5, 0.6) is 5.75 Å². The van der Waals surface area contributed by atoms with Crippen molar-refractivity contribution < 1.29 is 9.53 Å². The van der Waals surface area contributed by atoms with Crippen molar-refractivity contribution in [2.45, 2.75) is 19.3 Å². The molecule has 0 bridgehead atoms. The van der Waals surface area contributed by atoms with Crippen molar-refractivity contribution in [3.8, 4) is 5.75 Å². The molecule has 1 aromatic heterocycles. The first-order valence-corrected chi connectivity index (χ1v) is 9.36. The summed E-state index contributed by atoms with van der Waals surface area (Å²) >= 11 is 7.35. The standard InChI is InChI=1S/C19H18ClN3O2S/c1-25-16-11-10-14(20)12-15(16)18(24)21-19-23-22-17(26-19)9-5-8-13-6-3-2-4-7-13/h2-4,6-7,10-12H,5,8-9H2,1H3,(H,21,23,24). The lowest BCUT2D eigenvalue weighted by Crippen LogP contribution is -2.13. The second-order valence-electron chi connectivity index (χ2n) is 5.64. The van der Waals surface area contributed by atoms with Crippen LogP contribution in [0.2, 0.25) is 5.02 Å². The van der Waals surface area contributed by atoms with Gasteiger partial charge in [0.2, 0.25) is 5.13 Å². The Morgan fingerprint density at radius 3 is 2.73 bits per heavy atom. The van der Waals surface area contributed by atoms with E-state index in [2.05, 4.69) is 27.6 Å². The van der Waals surface area contributed by atoms with E-state index in [9.17, 15) is 4.79 Å². The predicted octanol–water partition coefficient (Wildman–Crippen LogP) is 4.63. The summed E-state index contributed by atoms with van der Waals surface area (Å²) in [5, 5.41) is 12.8. The molecule has 0 radical (unpaired) electrons. The molecular formula is C19H18ClN3O2S. The van der Waals surface area contributed by atoms with E-state index >= 15 is 0 Å². The fourth-order valence-electron chi connectivity index (χ4n) is 2.52. The number of methoxy groups -OCH3 is 1. The summed E-state index contributed by atoms with van der Waals surface area (Å²) in [6.45, 7) is 0. The van der Waals surface area contributed by atoms with Crippen LogP contribution in [-0.2, 0) is 12.8 Å². The molecule has 5 nitrogen and oxygen atoms in total. The fraction of sp³-hybridized carbons (Fsp3) is 0.211. The molecule has 0 spiro atoms. The molecule has 2 aromatic carbocycles. The Labute approximate surface area is 161 Å². The number of ether oxygens (including phenoxy) is 1. The van der Waals surface area contributed by atoms with Crippen molar-refractivity contribution in [3.05, 3.63) is 69.7 Å². The minimum Gasteiger partial charge on any atom is -0.496 e. The Hall–Kier alpha value is -2.44. The molecule has 3 aromatic rings. The van der Waals surface area contributed by atoms with E-state index in [1.54, 1.807) is 18.2 Å². The molecule has 1 heterocycles. The summed E-state index contributed by atoms with van der Waals surface area (Å²) in [6, 6.07) is 15.2. The Morgan fingerprint density at radius 2 is 1.96 bits per heavy atom. The lowest BCUT2D eigenvalue weighted by atomic mass is 10.1. The third-order valence-corrected chi connectivity index (χ3v) is 4.93. The van der Waals surface area contributed by atoms with E-state index in [-0.39, 0.29) is 5.91 Å². The molecule has 0 aliphatic carbocycles. The fourth-order valence-corrected chi connectivity index (χ4v) is 3.46. The number of benzene rings is 2. The number of amides is 1. The first kappa shape index (κ1) is 18.4. The summed E-state index contributed by atoms with van der Waals surface area (Å²) in [5.74, 6) is 0.135. The van der Waals surface area contributed by atoms with Crippen molar-refractivity contribution in [1.82, 2.24) is 10.2 Å². The average Bonchev–Trinajstić information content (AvgIpc) is 3.09. The topological polar surface area (TPSA) is 64.1 Å². The second kappa shape index (κ2) is 8.78. The Kier molecular flexibility index (Phi) is 6.20. The van der Waals surface area contributed by atoms with Crippen LogP contribution < -0.4 is 10.1 Å². The number of carbonyl (C=O) groups excluding carboxylic acids is 1. The van der Waals surface area contributed by atoms with Crippen LogP contribution in [0, 0.1) is 0 Å². The number of rotatable bonds is 7. The third kappa shape index (κ3) is 4.80. The number of anilines is 1. The minimum atomic E-state index is -0.323. The van der Waals surface area contributed by atoms with Crippen molar-refractivity contribution >= 4 is 34.0 Å². The normalized spacial score (nSPS) is 10.5. The lowest BCUT2D eigenvalue weighted by Gasteiger charge is -2.07. The van der Waals surface area contributed by atoms with Crippen molar-refractivity contribution in [2.75, 3.05) is 12.4 Å². The zero-order valence-corrected chi connectivity index (χ0v) is 15.8. The lowest BCUT2D eigenvalue weighted by molar-refractivity contribution is 0.102. The van der Waals surface area contributed by atoms with Gasteiger partial charge in [-0.05, 0) is 36.6 Å². The zero-order chi connectivity index (χ0) is 18.4. The summed E-state index contributed by atoms with van der Waals surface area (Å²) in [4.78, 5) is 12.4. The number of hydrogen-bond donors (Lipinski definition) is 1. The van der Waals surface area contributed by atoms with Gasteiger partial charge in [0.05, 0.1) is 12.7 Å². The molecular weight excluding hydrogens is 370 g/mol.